The number of rotatable bonds is 4. The number of hydrogen-bond donors (Lipinski definition) is 2. The molecule has 3 nitrogen and oxygen atoms in total. The molecule has 1 aromatic rings. The molecule has 0 radical (unpaired) electrons. The van der Waals surface area contributed by atoms with Crippen LogP contribution in [0.1, 0.15) is 19.4 Å². The maximum atomic E-state index is 11.7. The predicted octanol–water partition coefficient (Wildman–Crippen LogP) is 1.41. The monoisotopic (exact) mass is 236 g/mol. The van der Waals surface area contributed by atoms with E-state index in [0.717, 1.165) is 5.56 Å². The smallest absolute Gasteiger partial charge is 0.225 e. The van der Waals surface area contributed by atoms with Crippen molar-refractivity contribution in [1.29, 1.82) is 0 Å². The predicted molar refractivity (Wildman–Crippen MR) is 69.2 cm³/mol. The first kappa shape index (κ1) is 12.6. The largest absolute Gasteiger partial charge is 0.391 e. The van der Waals surface area contributed by atoms with Gasteiger partial charge in [-0.2, -0.15) is 0 Å². The Labute approximate surface area is 101 Å². The van der Waals surface area contributed by atoms with Crippen molar-refractivity contribution < 1.29 is 4.79 Å². The number of hydrogen-bond acceptors (Lipinski definition) is 2. The summed E-state index contributed by atoms with van der Waals surface area (Å²) in [6.45, 7) is 3.58. The maximum Gasteiger partial charge on any atom is 0.225 e. The topological polar surface area (TPSA) is 55.1 Å². The van der Waals surface area contributed by atoms with Crippen LogP contribution in [0.15, 0.2) is 30.3 Å². The molecule has 16 heavy (non-hydrogen) atoms. The minimum absolute atomic E-state index is 0.0796. The van der Waals surface area contributed by atoms with Crippen LogP contribution in [0.2, 0.25) is 0 Å². The fourth-order valence-corrected chi connectivity index (χ4v) is 1.29. The van der Waals surface area contributed by atoms with Gasteiger partial charge >= 0.3 is 0 Å². The summed E-state index contributed by atoms with van der Waals surface area (Å²) < 4.78 is 0. The van der Waals surface area contributed by atoms with Crippen molar-refractivity contribution in [2.75, 3.05) is 0 Å². The van der Waals surface area contributed by atoms with Crippen molar-refractivity contribution in [3.8, 4) is 0 Å². The molecule has 86 valence electrons. The fraction of sp³-hybridized carbons (Fsp3) is 0.333. The lowest BCUT2D eigenvalue weighted by molar-refractivity contribution is -0.121. The molecular formula is C12H16N2OS. The van der Waals surface area contributed by atoms with E-state index in [4.69, 9.17) is 18.0 Å². The van der Waals surface area contributed by atoms with Crippen molar-refractivity contribution in [3.63, 3.8) is 0 Å². The summed E-state index contributed by atoms with van der Waals surface area (Å²) in [5.74, 6) is -0.0796. The molecule has 0 aromatic heterocycles. The van der Waals surface area contributed by atoms with Gasteiger partial charge in [-0.15, -0.1) is 0 Å². The molecule has 0 unspecified atom stereocenters. The molecule has 0 aliphatic heterocycles. The van der Waals surface area contributed by atoms with Crippen molar-refractivity contribution in [1.82, 2.24) is 5.32 Å². The first-order valence-electron chi connectivity index (χ1n) is 5.06. The van der Waals surface area contributed by atoms with E-state index in [-0.39, 0.29) is 10.9 Å². The minimum Gasteiger partial charge on any atom is -0.391 e. The molecular weight excluding hydrogens is 220 g/mol. The fourth-order valence-electron chi connectivity index (χ4n) is 1.24. The summed E-state index contributed by atoms with van der Waals surface area (Å²) in [5.41, 5.74) is 5.86. The summed E-state index contributed by atoms with van der Waals surface area (Å²) in [7, 11) is 0. The van der Waals surface area contributed by atoms with Gasteiger partial charge in [0.2, 0.25) is 5.91 Å². The number of thiocarbonyl (C=S) groups is 1. The third-order valence-electron chi connectivity index (χ3n) is 2.28. The van der Waals surface area contributed by atoms with Crippen molar-refractivity contribution in [2.45, 2.75) is 25.8 Å². The number of amides is 1. The highest BCUT2D eigenvalue weighted by Crippen LogP contribution is 2.04. The first-order valence-corrected chi connectivity index (χ1v) is 5.47. The third-order valence-corrected chi connectivity index (χ3v) is 2.79. The van der Waals surface area contributed by atoms with E-state index in [2.05, 4.69) is 5.32 Å². The van der Waals surface area contributed by atoms with Crippen molar-refractivity contribution in [2.24, 2.45) is 5.73 Å². The molecule has 3 N–H and O–H groups in total. The molecule has 1 rings (SSSR count). The van der Waals surface area contributed by atoms with Crippen LogP contribution < -0.4 is 11.1 Å². The van der Waals surface area contributed by atoms with E-state index >= 15 is 0 Å². The van der Waals surface area contributed by atoms with Crippen LogP contribution in [0.4, 0.5) is 0 Å². The molecule has 0 aliphatic carbocycles. The van der Waals surface area contributed by atoms with E-state index in [1.807, 2.05) is 30.3 Å². The molecule has 1 amide bonds. The summed E-state index contributed by atoms with van der Waals surface area (Å²) in [6, 6.07) is 9.55. The Morgan fingerprint density at radius 3 is 2.44 bits per heavy atom. The van der Waals surface area contributed by atoms with E-state index in [0.29, 0.717) is 6.42 Å². The second kappa shape index (κ2) is 5.07. The molecule has 0 bridgehead atoms. The van der Waals surface area contributed by atoms with Crippen molar-refractivity contribution >= 4 is 23.1 Å². The Morgan fingerprint density at radius 1 is 1.38 bits per heavy atom. The summed E-state index contributed by atoms with van der Waals surface area (Å²) >= 11 is 4.88. The normalized spacial score (nSPS) is 10.9. The highest BCUT2D eigenvalue weighted by atomic mass is 32.1. The first-order chi connectivity index (χ1) is 7.42. The van der Waals surface area contributed by atoms with Crippen LogP contribution in [-0.2, 0) is 11.2 Å². The van der Waals surface area contributed by atoms with E-state index in [1.54, 1.807) is 13.8 Å². The molecule has 0 aliphatic rings. The van der Waals surface area contributed by atoms with Gasteiger partial charge in [-0.1, -0.05) is 42.5 Å². The van der Waals surface area contributed by atoms with Gasteiger partial charge < -0.3 is 11.1 Å². The third kappa shape index (κ3) is 3.62. The second-order valence-corrected chi connectivity index (χ2v) is 4.64. The van der Waals surface area contributed by atoms with E-state index in [1.165, 1.54) is 0 Å². The highest BCUT2D eigenvalue weighted by Gasteiger charge is 2.23. The van der Waals surface area contributed by atoms with Crippen LogP contribution in [-0.4, -0.2) is 16.4 Å². The lowest BCUT2D eigenvalue weighted by atomic mass is 10.0. The van der Waals surface area contributed by atoms with Gasteiger partial charge in [0.25, 0.3) is 0 Å². The summed E-state index contributed by atoms with van der Waals surface area (Å²) in [6.07, 6.45) is 0.340. The Balaban J connectivity index is 2.58. The Kier molecular flexibility index (Phi) is 4.01. The molecule has 0 atom stereocenters. The highest BCUT2D eigenvalue weighted by molar-refractivity contribution is 7.80. The molecule has 4 heteroatoms. The lowest BCUT2D eigenvalue weighted by Crippen LogP contribution is -2.52. The van der Waals surface area contributed by atoms with Gasteiger partial charge in [0, 0.05) is 0 Å². The number of benzene rings is 1. The average molecular weight is 236 g/mol. The second-order valence-electron chi connectivity index (χ2n) is 4.20. The van der Waals surface area contributed by atoms with Crippen LogP contribution in [0.5, 0.6) is 0 Å². The summed E-state index contributed by atoms with van der Waals surface area (Å²) in [4.78, 5) is 12.0. The van der Waals surface area contributed by atoms with E-state index < -0.39 is 5.54 Å². The number of nitrogens with one attached hydrogen (secondary N) is 1. The van der Waals surface area contributed by atoms with Crippen LogP contribution >= 0.6 is 12.2 Å². The zero-order valence-electron chi connectivity index (χ0n) is 9.49. The molecule has 1 aromatic carbocycles. The standard InChI is InChI=1S/C12H16N2OS/c1-12(2,11(13)16)14-10(15)8-9-6-4-3-5-7-9/h3-7H,8H2,1-2H3,(H2,13,16)(H,14,15). The maximum absolute atomic E-state index is 11.7. The van der Waals surface area contributed by atoms with Crippen LogP contribution in [0, 0.1) is 0 Å². The quantitative estimate of drug-likeness (QED) is 0.777. The SMILES string of the molecule is CC(C)(NC(=O)Cc1ccccc1)C(N)=S. The van der Waals surface area contributed by atoms with Gasteiger partial charge in [-0.25, -0.2) is 0 Å². The molecule has 0 saturated carbocycles. The van der Waals surface area contributed by atoms with Gasteiger partial charge in [-0.3, -0.25) is 4.79 Å². The molecule has 0 spiro atoms. The number of nitrogens with two attached hydrogens (primary N) is 1. The lowest BCUT2D eigenvalue weighted by Gasteiger charge is -2.24. The van der Waals surface area contributed by atoms with Crippen molar-refractivity contribution in [3.05, 3.63) is 35.9 Å². The minimum atomic E-state index is -0.638. The Bertz CT molecular complexity index is 387. The molecule has 0 saturated heterocycles. The Morgan fingerprint density at radius 2 is 1.94 bits per heavy atom. The van der Waals surface area contributed by atoms with E-state index in [9.17, 15) is 4.79 Å². The average Bonchev–Trinajstić information content (AvgIpc) is 2.17. The summed E-state index contributed by atoms with van der Waals surface area (Å²) in [5, 5.41) is 2.80. The number of carbonyl (C=O) groups is 1. The molecule has 0 fully saturated rings. The Hall–Kier alpha value is -1.42. The van der Waals surface area contributed by atoms with Gasteiger partial charge in [0.05, 0.1) is 16.9 Å². The molecule has 0 heterocycles. The number of carbonyl (C=O) groups excluding carboxylic acids is 1. The van der Waals surface area contributed by atoms with Crippen LogP contribution in [0.3, 0.4) is 0 Å². The zero-order valence-corrected chi connectivity index (χ0v) is 10.3. The zero-order chi connectivity index (χ0) is 12.2. The van der Waals surface area contributed by atoms with Gasteiger partial charge in [0.15, 0.2) is 0 Å². The van der Waals surface area contributed by atoms with Crippen LogP contribution in [0.25, 0.3) is 0 Å². The van der Waals surface area contributed by atoms with Gasteiger partial charge in [0.1, 0.15) is 0 Å². The van der Waals surface area contributed by atoms with Gasteiger partial charge in [-0.05, 0) is 19.4 Å².